The largest absolute Gasteiger partial charge is 0.337 e. The second kappa shape index (κ2) is 6.83. The Balaban J connectivity index is 1.24. The molecule has 3 aromatic rings. The minimum Gasteiger partial charge on any atom is -0.337 e. The SMILES string of the molecule is O=C1[C@@H]2[C@@H](N=NN2Cc2nc(-c3ccccc3)no2)C(=O)N1c1ccc2c(c1)CCC2. The summed E-state index contributed by atoms with van der Waals surface area (Å²) < 4.78 is 5.34. The molecule has 1 fully saturated rings. The fraction of sp³-hybridized carbons (Fsp3) is 0.273. The lowest BCUT2D eigenvalue weighted by molar-refractivity contribution is -0.123. The number of imide groups is 1. The summed E-state index contributed by atoms with van der Waals surface area (Å²) in [5.74, 6) is 0.0713. The highest BCUT2D eigenvalue weighted by molar-refractivity contribution is 6.25. The molecule has 1 saturated heterocycles. The predicted molar refractivity (Wildman–Crippen MR) is 109 cm³/mol. The van der Waals surface area contributed by atoms with Crippen LogP contribution in [-0.2, 0) is 29.0 Å². The molecule has 1 aromatic heterocycles. The van der Waals surface area contributed by atoms with Gasteiger partial charge in [0.15, 0.2) is 12.1 Å². The van der Waals surface area contributed by atoms with Crippen LogP contribution >= 0.6 is 0 Å². The Morgan fingerprint density at radius 1 is 1.00 bits per heavy atom. The molecule has 31 heavy (non-hydrogen) atoms. The summed E-state index contributed by atoms with van der Waals surface area (Å²) in [6.45, 7) is 0.0988. The maximum Gasteiger partial charge on any atom is 0.263 e. The lowest BCUT2D eigenvalue weighted by Gasteiger charge is -2.19. The number of amides is 2. The molecule has 2 amide bonds. The fourth-order valence-corrected chi connectivity index (χ4v) is 4.47. The van der Waals surface area contributed by atoms with Gasteiger partial charge in [-0.1, -0.05) is 46.8 Å². The Morgan fingerprint density at radius 3 is 2.71 bits per heavy atom. The third-order valence-electron chi connectivity index (χ3n) is 6.00. The number of benzene rings is 2. The van der Waals surface area contributed by atoms with Crippen LogP contribution in [0.25, 0.3) is 11.4 Å². The minimum absolute atomic E-state index is 0.0988. The van der Waals surface area contributed by atoms with Crippen molar-refractivity contribution < 1.29 is 14.1 Å². The maximum absolute atomic E-state index is 13.2. The van der Waals surface area contributed by atoms with Gasteiger partial charge in [-0.25, -0.2) is 4.90 Å². The molecule has 1 aliphatic carbocycles. The highest BCUT2D eigenvalue weighted by Crippen LogP contribution is 2.35. The van der Waals surface area contributed by atoms with Gasteiger partial charge >= 0.3 is 0 Å². The number of nitrogens with zero attached hydrogens (tertiary/aromatic N) is 6. The average Bonchev–Trinajstić information content (AvgIpc) is 3.56. The van der Waals surface area contributed by atoms with Gasteiger partial charge in [0.05, 0.1) is 5.69 Å². The van der Waals surface area contributed by atoms with Gasteiger partial charge in [-0.3, -0.25) is 14.6 Å². The summed E-state index contributed by atoms with van der Waals surface area (Å²) in [6.07, 6.45) is 3.11. The van der Waals surface area contributed by atoms with E-state index in [2.05, 4.69) is 20.5 Å². The van der Waals surface area contributed by atoms with Crippen molar-refractivity contribution in [3.05, 3.63) is 65.5 Å². The van der Waals surface area contributed by atoms with E-state index in [1.54, 1.807) is 0 Å². The van der Waals surface area contributed by atoms with Gasteiger partial charge in [0.1, 0.15) is 6.54 Å². The Morgan fingerprint density at radius 2 is 1.84 bits per heavy atom. The van der Waals surface area contributed by atoms with E-state index in [9.17, 15) is 9.59 Å². The van der Waals surface area contributed by atoms with E-state index in [1.165, 1.54) is 21.0 Å². The van der Waals surface area contributed by atoms with Gasteiger partial charge in [0.25, 0.3) is 11.8 Å². The molecule has 3 aliphatic rings. The summed E-state index contributed by atoms with van der Waals surface area (Å²) in [5.41, 5.74) is 3.92. The van der Waals surface area contributed by atoms with Gasteiger partial charge in [-0.05, 0) is 42.5 Å². The molecule has 0 N–H and O–H groups in total. The number of carbonyl (C=O) groups excluding carboxylic acids is 2. The molecule has 2 aromatic carbocycles. The summed E-state index contributed by atoms with van der Waals surface area (Å²) in [6, 6.07) is 13.6. The number of aryl methyl sites for hydroxylation is 2. The normalized spacial score (nSPS) is 21.8. The number of anilines is 1. The first kappa shape index (κ1) is 17.9. The van der Waals surface area contributed by atoms with Crippen molar-refractivity contribution in [2.45, 2.75) is 37.9 Å². The number of fused-ring (bicyclic) bond motifs is 2. The van der Waals surface area contributed by atoms with Gasteiger partial charge in [-0.15, -0.1) is 0 Å². The molecule has 2 atom stereocenters. The van der Waals surface area contributed by atoms with E-state index in [0.29, 0.717) is 17.4 Å². The van der Waals surface area contributed by atoms with Crippen molar-refractivity contribution >= 4 is 17.5 Å². The maximum atomic E-state index is 13.2. The molecular weight excluding hydrogens is 396 g/mol. The van der Waals surface area contributed by atoms with Crippen LogP contribution in [0.4, 0.5) is 5.69 Å². The second-order valence-electron chi connectivity index (χ2n) is 7.89. The minimum atomic E-state index is -0.850. The Labute approximate surface area is 177 Å². The quantitative estimate of drug-likeness (QED) is 0.608. The molecule has 6 rings (SSSR count). The van der Waals surface area contributed by atoms with Crippen LogP contribution in [0.2, 0.25) is 0 Å². The highest BCUT2D eigenvalue weighted by Gasteiger charge is 2.55. The Hall–Kier alpha value is -3.88. The van der Waals surface area contributed by atoms with Crippen molar-refractivity contribution in [3.8, 4) is 11.4 Å². The molecule has 2 aliphatic heterocycles. The van der Waals surface area contributed by atoms with Gasteiger partial charge in [0.2, 0.25) is 11.7 Å². The van der Waals surface area contributed by atoms with Crippen molar-refractivity contribution in [1.29, 1.82) is 0 Å². The first-order chi connectivity index (χ1) is 15.2. The average molecular weight is 414 g/mol. The zero-order valence-electron chi connectivity index (χ0n) is 16.5. The van der Waals surface area contributed by atoms with Crippen LogP contribution < -0.4 is 4.90 Å². The molecule has 9 nitrogen and oxygen atoms in total. The highest BCUT2D eigenvalue weighted by atomic mass is 16.5. The van der Waals surface area contributed by atoms with E-state index < -0.39 is 12.1 Å². The first-order valence-electron chi connectivity index (χ1n) is 10.2. The molecule has 0 spiro atoms. The lowest BCUT2D eigenvalue weighted by Crippen LogP contribution is -2.39. The summed E-state index contributed by atoms with van der Waals surface area (Å²) >= 11 is 0. The van der Waals surface area contributed by atoms with Crippen molar-refractivity contribution in [2.24, 2.45) is 10.3 Å². The van der Waals surface area contributed by atoms with Crippen LogP contribution in [0.15, 0.2) is 63.4 Å². The van der Waals surface area contributed by atoms with Crippen molar-refractivity contribution in [1.82, 2.24) is 15.1 Å². The fourth-order valence-electron chi connectivity index (χ4n) is 4.47. The van der Waals surface area contributed by atoms with Gasteiger partial charge in [0, 0.05) is 5.56 Å². The molecule has 154 valence electrons. The number of hydrogen-bond acceptors (Lipinski definition) is 8. The Kier molecular flexibility index (Phi) is 3.95. The molecule has 0 bridgehead atoms. The summed E-state index contributed by atoms with van der Waals surface area (Å²) in [7, 11) is 0. The number of hydrogen-bond donors (Lipinski definition) is 0. The van der Waals surface area contributed by atoms with E-state index in [1.807, 2.05) is 48.5 Å². The first-order valence-corrected chi connectivity index (χ1v) is 10.2. The number of aromatic nitrogens is 2. The molecule has 3 heterocycles. The second-order valence-corrected chi connectivity index (χ2v) is 7.89. The standard InChI is InChI=1S/C22H18N6O3/c29-21-18-19(22(30)28(21)16-10-9-13-7-4-8-15(13)11-16)27(26-24-18)12-17-23-20(25-31-17)14-5-2-1-3-6-14/h1-3,5-6,9-11,18-19H,4,7-8,12H2/t18-,19+/m1/s1. The Bertz CT molecular complexity index is 1220. The van der Waals surface area contributed by atoms with Crippen LogP contribution in [0.5, 0.6) is 0 Å². The molecule has 0 unspecified atom stereocenters. The molecule has 0 saturated carbocycles. The number of carbonyl (C=O) groups is 2. The van der Waals surface area contributed by atoms with Crippen molar-refractivity contribution in [2.75, 3.05) is 4.90 Å². The third-order valence-corrected chi connectivity index (χ3v) is 6.00. The molecule has 9 heteroatoms. The molecular formula is C22H18N6O3. The van der Waals surface area contributed by atoms with Crippen molar-refractivity contribution in [3.63, 3.8) is 0 Å². The predicted octanol–water partition coefficient (Wildman–Crippen LogP) is 2.72. The van der Waals surface area contributed by atoms with E-state index >= 15 is 0 Å². The van der Waals surface area contributed by atoms with Crippen LogP contribution in [-0.4, -0.2) is 39.0 Å². The summed E-state index contributed by atoms with van der Waals surface area (Å²) in [4.78, 5) is 31.8. The van der Waals surface area contributed by atoms with Gasteiger partial charge in [-0.2, -0.15) is 10.1 Å². The van der Waals surface area contributed by atoms with Crippen LogP contribution in [0.1, 0.15) is 23.4 Å². The van der Waals surface area contributed by atoms with Crippen LogP contribution in [0, 0.1) is 0 Å². The molecule has 0 radical (unpaired) electrons. The van der Waals surface area contributed by atoms with Gasteiger partial charge < -0.3 is 4.52 Å². The third kappa shape index (κ3) is 2.84. The monoisotopic (exact) mass is 414 g/mol. The zero-order chi connectivity index (χ0) is 20.9. The smallest absolute Gasteiger partial charge is 0.263 e. The number of rotatable bonds is 4. The van der Waals surface area contributed by atoms with Crippen LogP contribution in [0.3, 0.4) is 0 Å². The zero-order valence-corrected chi connectivity index (χ0v) is 16.5. The topological polar surface area (TPSA) is 104 Å². The lowest BCUT2D eigenvalue weighted by atomic mass is 10.1. The van der Waals surface area contributed by atoms with E-state index in [4.69, 9.17) is 4.52 Å². The van der Waals surface area contributed by atoms with E-state index in [-0.39, 0.29) is 18.4 Å². The van der Waals surface area contributed by atoms with E-state index in [0.717, 1.165) is 24.8 Å². The summed E-state index contributed by atoms with van der Waals surface area (Å²) in [5, 5.41) is 13.6.